The van der Waals surface area contributed by atoms with Gasteiger partial charge in [-0.3, -0.25) is 4.79 Å². The summed E-state index contributed by atoms with van der Waals surface area (Å²) in [5.41, 5.74) is 5.77. The fourth-order valence-electron chi connectivity index (χ4n) is 1.75. The van der Waals surface area contributed by atoms with E-state index in [-0.39, 0.29) is 12.3 Å². The second-order valence-electron chi connectivity index (χ2n) is 3.65. The van der Waals surface area contributed by atoms with Gasteiger partial charge >= 0.3 is 0 Å². The minimum atomic E-state index is -0.218. The number of Topliss-reactive ketones (excluding diaryl/α,β-unsaturated/α-hetero) is 1. The minimum absolute atomic E-state index is 0.0871. The first-order chi connectivity index (χ1) is 8.27. The molecule has 0 saturated heterocycles. The number of methoxy groups -OCH3 is 1. The van der Waals surface area contributed by atoms with E-state index in [9.17, 15) is 4.79 Å². The lowest BCUT2D eigenvalue weighted by Crippen LogP contribution is -2.16. The molecule has 1 aromatic rings. The van der Waals surface area contributed by atoms with E-state index in [4.69, 9.17) is 19.9 Å². The maximum absolute atomic E-state index is 11.8. The van der Waals surface area contributed by atoms with Crippen molar-refractivity contribution in [2.24, 2.45) is 5.73 Å². The van der Waals surface area contributed by atoms with Gasteiger partial charge in [0.1, 0.15) is 11.3 Å². The summed E-state index contributed by atoms with van der Waals surface area (Å²) < 4.78 is 16.2. The Morgan fingerprint density at radius 2 is 2.18 bits per heavy atom. The molecule has 0 bridgehead atoms. The highest BCUT2D eigenvalue weighted by Crippen LogP contribution is 2.39. The maximum atomic E-state index is 11.8. The summed E-state index contributed by atoms with van der Waals surface area (Å²) >= 11 is 0. The standard InChI is InChI=1S/C12H15NO4/c1-15-9-3-4-10-12(11(9)8(14)7-13)17-6-2-5-16-10/h3-4H,2,5-7,13H2,1H3. The fraction of sp³-hybridized carbons (Fsp3) is 0.417. The van der Waals surface area contributed by atoms with E-state index in [1.54, 1.807) is 12.1 Å². The molecule has 5 nitrogen and oxygen atoms in total. The molecule has 2 rings (SSSR count). The van der Waals surface area contributed by atoms with Gasteiger partial charge in [0.05, 0.1) is 26.9 Å². The van der Waals surface area contributed by atoms with Gasteiger partial charge in [-0.15, -0.1) is 0 Å². The Hall–Kier alpha value is -1.75. The van der Waals surface area contributed by atoms with Crippen LogP contribution < -0.4 is 19.9 Å². The van der Waals surface area contributed by atoms with Gasteiger partial charge in [-0.05, 0) is 12.1 Å². The lowest BCUT2D eigenvalue weighted by atomic mass is 10.1. The number of hydrogen-bond donors (Lipinski definition) is 1. The monoisotopic (exact) mass is 237 g/mol. The van der Waals surface area contributed by atoms with E-state index in [0.717, 1.165) is 6.42 Å². The first-order valence-electron chi connectivity index (χ1n) is 5.47. The van der Waals surface area contributed by atoms with Crippen molar-refractivity contribution in [3.05, 3.63) is 17.7 Å². The molecule has 0 saturated carbocycles. The number of ether oxygens (including phenoxy) is 3. The molecule has 0 radical (unpaired) electrons. The second-order valence-corrected chi connectivity index (χ2v) is 3.65. The van der Waals surface area contributed by atoms with Crippen LogP contribution in [0.4, 0.5) is 0 Å². The fourth-order valence-corrected chi connectivity index (χ4v) is 1.75. The topological polar surface area (TPSA) is 70.8 Å². The molecule has 1 aliphatic heterocycles. The molecule has 17 heavy (non-hydrogen) atoms. The van der Waals surface area contributed by atoms with E-state index in [2.05, 4.69) is 0 Å². The van der Waals surface area contributed by atoms with Crippen molar-refractivity contribution >= 4 is 5.78 Å². The van der Waals surface area contributed by atoms with Gasteiger partial charge in [-0.2, -0.15) is 0 Å². The summed E-state index contributed by atoms with van der Waals surface area (Å²) in [5, 5.41) is 0. The Labute approximate surface area is 99.5 Å². The van der Waals surface area contributed by atoms with Crippen LogP contribution in [0.3, 0.4) is 0 Å². The Morgan fingerprint density at radius 3 is 2.88 bits per heavy atom. The van der Waals surface area contributed by atoms with Crippen molar-refractivity contribution in [2.45, 2.75) is 6.42 Å². The zero-order valence-corrected chi connectivity index (χ0v) is 9.69. The summed E-state index contributed by atoms with van der Waals surface area (Å²) in [6.07, 6.45) is 0.785. The van der Waals surface area contributed by atoms with Crippen molar-refractivity contribution in [1.29, 1.82) is 0 Å². The maximum Gasteiger partial charge on any atom is 0.184 e. The van der Waals surface area contributed by atoms with Gasteiger partial charge in [0.2, 0.25) is 0 Å². The second kappa shape index (κ2) is 5.05. The quantitative estimate of drug-likeness (QED) is 0.794. The number of hydrogen-bond acceptors (Lipinski definition) is 5. The normalized spacial score (nSPS) is 14.0. The third kappa shape index (κ3) is 2.19. The predicted molar refractivity (Wildman–Crippen MR) is 62.0 cm³/mol. The van der Waals surface area contributed by atoms with Crippen LogP contribution in [0.1, 0.15) is 16.8 Å². The summed E-state index contributed by atoms with van der Waals surface area (Å²) in [6.45, 7) is 1.01. The molecule has 92 valence electrons. The molecule has 0 atom stereocenters. The largest absolute Gasteiger partial charge is 0.496 e. The van der Waals surface area contributed by atoms with Crippen molar-refractivity contribution in [2.75, 3.05) is 26.9 Å². The third-order valence-electron chi connectivity index (χ3n) is 2.56. The zero-order chi connectivity index (χ0) is 12.3. The molecule has 0 aliphatic carbocycles. The SMILES string of the molecule is COc1ccc2c(c1C(=O)CN)OCCCO2. The molecule has 0 fully saturated rings. The van der Waals surface area contributed by atoms with Gasteiger partial charge in [0.15, 0.2) is 17.3 Å². The summed E-state index contributed by atoms with van der Waals surface area (Å²) in [4.78, 5) is 11.8. The molecular weight excluding hydrogens is 222 g/mol. The van der Waals surface area contributed by atoms with Crippen molar-refractivity contribution in [3.8, 4) is 17.2 Å². The summed E-state index contributed by atoms with van der Waals surface area (Å²) in [5.74, 6) is 1.26. The van der Waals surface area contributed by atoms with Gasteiger partial charge < -0.3 is 19.9 Å². The van der Waals surface area contributed by atoms with Crippen LogP contribution in [0, 0.1) is 0 Å². The highest BCUT2D eigenvalue weighted by Gasteiger charge is 2.23. The van der Waals surface area contributed by atoms with Gasteiger partial charge in [0.25, 0.3) is 0 Å². The first kappa shape index (κ1) is 11.7. The van der Waals surface area contributed by atoms with Crippen LogP contribution in [0.2, 0.25) is 0 Å². The van der Waals surface area contributed by atoms with Crippen LogP contribution >= 0.6 is 0 Å². The molecule has 5 heteroatoms. The Morgan fingerprint density at radius 1 is 1.41 bits per heavy atom. The number of benzene rings is 1. The molecule has 0 amide bonds. The Bertz CT molecular complexity index is 431. The lowest BCUT2D eigenvalue weighted by Gasteiger charge is -2.14. The van der Waals surface area contributed by atoms with Crippen LogP contribution in [-0.2, 0) is 0 Å². The van der Waals surface area contributed by atoms with E-state index in [1.807, 2.05) is 0 Å². The van der Waals surface area contributed by atoms with Crippen molar-refractivity contribution in [3.63, 3.8) is 0 Å². The van der Waals surface area contributed by atoms with Gasteiger partial charge in [0, 0.05) is 6.42 Å². The van der Waals surface area contributed by atoms with Crippen LogP contribution in [-0.4, -0.2) is 32.7 Å². The van der Waals surface area contributed by atoms with E-state index >= 15 is 0 Å². The molecule has 1 aliphatic rings. The Balaban J connectivity index is 2.54. The number of rotatable bonds is 3. The number of fused-ring (bicyclic) bond motifs is 1. The van der Waals surface area contributed by atoms with E-state index in [0.29, 0.717) is 36.0 Å². The zero-order valence-electron chi connectivity index (χ0n) is 9.69. The molecule has 0 unspecified atom stereocenters. The van der Waals surface area contributed by atoms with Crippen LogP contribution in [0.25, 0.3) is 0 Å². The van der Waals surface area contributed by atoms with Crippen molar-refractivity contribution in [1.82, 2.24) is 0 Å². The van der Waals surface area contributed by atoms with Gasteiger partial charge in [-0.25, -0.2) is 0 Å². The Kier molecular flexibility index (Phi) is 3.49. The number of ketones is 1. The first-order valence-corrected chi connectivity index (χ1v) is 5.47. The summed E-state index contributed by atoms with van der Waals surface area (Å²) in [6, 6.07) is 3.43. The molecule has 2 N–H and O–H groups in total. The molecule has 0 spiro atoms. The highest BCUT2D eigenvalue weighted by molar-refractivity contribution is 6.03. The molecule has 1 heterocycles. The molecular formula is C12H15NO4. The number of nitrogens with two attached hydrogens (primary N) is 1. The number of carbonyl (C=O) groups excluding carboxylic acids is 1. The van der Waals surface area contributed by atoms with Crippen LogP contribution in [0.15, 0.2) is 12.1 Å². The van der Waals surface area contributed by atoms with Crippen molar-refractivity contribution < 1.29 is 19.0 Å². The summed E-state index contributed by atoms with van der Waals surface area (Å²) in [7, 11) is 1.51. The third-order valence-corrected chi connectivity index (χ3v) is 2.56. The minimum Gasteiger partial charge on any atom is -0.496 e. The smallest absolute Gasteiger partial charge is 0.184 e. The highest BCUT2D eigenvalue weighted by atomic mass is 16.5. The average molecular weight is 237 g/mol. The number of carbonyl (C=O) groups is 1. The van der Waals surface area contributed by atoms with Gasteiger partial charge in [-0.1, -0.05) is 0 Å². The van der Waals surface area contributed by atoms with Crippen LogP contribution in [0.5, 0.6) is 17.2 Å². The average Bonchev–Trinajstić information content (AvgIpc) is 2.61. The lowest BCUT2D eigenvalue weighted by molar-refractivity contribution is 0.0994. The predicted octanol–water partition coefficient (Wildman–Crippen LogP) is 0.998. The molecule has 1 aromatic carbocycles. The van der Waals surface area contributed by atoms with E-state index in [1.165, 1.54) is 7.11 Å². The van der Waals surface area contributed by atoms with E-state index < -0.39 is 0 Å². The molecule has 0 aromatic heterocycles.